The van der Waals surface area contributed by atoms with Gasteiger partial charge in [0.1, 0.15) is 12.4 Å². The number of ether oxygens (including phenoxy) is 3. The van der Waals surface area contributed by atoms with Crippen molar-refractivity contribution in [3.63, 3.8) is 0 Å². The van der Waals surface area contributed by atoms with Crippen LogP contribution in [0.15, 0.2) is 30.5 Å². The molecule has 0 N–H and O–H groups in total. The Morgan fingerprint density at radius 3 is 2.83 bits per heavy atom. The Kier molecular flexibility index (Phi) is 5.72. The molecule has 24 heavy (non-hydrogen) atoms. The third kappa shape index (κ3) is 4.22. The van der Waals surface area contributed by atoms with Gasteiger partial charge in [0.05, 0.1) is 25.2 Å². The van der Waals surface area contributed by atoms with E-state index in [0.29, 0.717) is 12.3 Å². The zero-order valence-electron chi connectivity index (χ0n) is 13.3. The fourth-order valence-electron chi connectivity index (χ4n) is 1.96. The van der Waals surface area contributed by atoms with Crippen molar-refractivity contribution in [1.29, 1.82) is 0 Å². The van der Waals surface area contributed by atoms with Crippen molar-refractivity contribution in [3.8, 4) is 11.5 Å². The van der Waals surface area contributed by atoms with E-state index in [1.54, 1.807) is 23.9 Å². The van der Waals surface area contributed by atoms with E-state index in [-0.39, 0.29) is 30.3 Å². The molecule has 0 aliphatic heterocycles. The molecule has 0 aliphatic rings. The second-order valence-corrected chi connectivity index (χ2v) is 4.62. The van der Waals surface area contributed by atoms with E-state index in [1.807, 2.05) is 0 Å². The number of methoxy groups -OCH3 is 1. The van der Waals surface area contributed by atoms with Gasteiger partial charge in [0.25, 0.3) is 0 Å². The number of nitrogens with zero attached hydrogens (tertiary/aromatic N) is 3. The zero-order valence-corrected chi connectivity index (χ0v) is 13.3. The van der Waals surface area contributed by atoms with Crippen LogP contribution in [-0.2, 0) is 11.3 Å². The van der Waals surface area contributed by atoms with Crippen LogP contribution in [0.1, 0.15) is 17.4 Å². The number of carbonyl (C=O) groups excluding carboxylic acids is 1. The van der Waals surface area contributed by atoms with Gasteiger partial charge in [0.15, 0.2) is 5.69 Å². The first-order valence-electron chi connectivity index (χ1n) is 7.21. The number of hydrogen-bond acceptors (Lipinski definition) is 7. The van der Waals surface area contributed by atoms with E-state index in [1.165, 1.54) is 25.3 Å². The molecule has 1 aromatic heterocycles. The van der Waals surface area contributed by atoms with E-state index in [4.69, 9.17) is 14.2 Å². The smallest absolute Gasteiger partial charge is 0.358 e. The van der Waals surface area contributed by atoms with Gasteiger partial charge >= 0.3 is 11.7 Å². The first kappa shape index (κ1) is 17.3. The summed E-state index contributed by atoms with van der Waals surface area (Å²) < 4.78 is 16.9. The molecule has 2 rings (SSSR count). The molecular weight excluding hydrogens is 318 g/mol. The Bertz CT molecular complexity index is 728. The van der Waals surface area contributed by atoms with E-state index >= 15 is 0 Å². The van der Waals surface area contributed by atoms with Crippen molar-refractivity contribution in [2.45, 2.75) is 13.5 Å². The summed E-state index contributed by atoms with van der Waals surface area (Å²) in [7, 11) is 1.35. The molecule has 0 bridgehead atoms. The van der Waals surface area contributed by atoms with Gasteiger partial charge in [-0.15, -0.1) is 0 Å². The number of nitro benzene ring substituents is 1. The van der Waals surface area contributed by atoms with Gasteiger partial charge < -0.3 is 14.2 Å². The highest BCUT2D eigenvalue weighted by Crippen LogP contribution is 2.30. The molecule has 0 aliphatic carbocycles. The van der Waals surface area contributed by atoms with Crippen molar-refractivity contribution in [2.24, 2.45) is 0 Å². The van der Waals surface area contributed by atoms with Crippen LogP contribution >= 0.6 is 0 Å². The standard InChI is InChI=1S/C15H17N3O6/c1-3-23-15(19)12-6-7-17(16-12)8-9-24-11-4-5-13(18(20)21)14(10-11)22-2/h4-7,10H,3,8-9H2,1-2H3. The molecule has 0 saturated carbocycles. The number of carbonyl (C=O) groups is 1. The third-order valence-electron chi connectivity index (χ3n) is 3.06. The summed E-state index contributed by atoms with van der Waals surface area (Å²) in [6, 6.07) is 5.83. The van der Waals surface area contributed by atoms with Crippen molar-refractivity contribution >= 4 is 11.7 Å². The van der Waals surface area contributed by atoms with Crippen molar-refractivity contribution in [3.05, 3.63) is 46.3 Å². The zero-order chi connectivity index (χ0) is 17.5. The Balaban J connectivity index is 1.92. The predicted octanol–water partition coefficient (Wildman–Crippen LogP) is 2.06. The third-order valence-corrected chi connectivity index (χ3v) is 3.06. The van der Waals surface area contributed by atoms with Crippen LogP contribution in [0.2, 0.25) is 0 Å². The molecule has 128 valence electrons. The van der Waals surface area contributed by atoms with Crippen molar-refractivity contribution in [2.75, 3.05) is 20.3 Å². The monoisotopic (exact) mass is 335 g/mol. The summed E-state index contributed by atoms with van der Waals surface area (Å²) in [5.74, 6) is 0.0914. The van der Waals surface area contributed by atoms with Crippen LogP contribution in [0.5, 0.6) is 11.5 Å². The number of aromatic nitrogens is 2. The molecule has 1 heterocycles. The number of esters is 1. The van der Waals surface area contributed by atoms with Crippen molar-refractivity contribution < 1.29 is 23.9 Å². The Morgan fingerprint density at radius 1 is 1.38 bits per heavy atom. The topological polar surface area (TPSA) is 106 Å². The molecule has 0 atom stereocenters. The lowest BCUT2D eigenvalue weighted by Crippen LogP contribution is -2.11. The van der Waals surface area contributed by atoms with E-state index in [2.05, 4.69) is 5.10 Å². The second kappa shape index (κ2) is 7.95. The Hall–Kier alpha value is -3.10. The van der Waals surface area contributed by atoms with Gasteiger partial charge in [0, 0.05) is 18.3 Å². The van der Waals surface area contributed by atoms with Crippen LogP contribution < -0.4 is 9.47 Å². The molecule has 1 aromatic carbocycles. The molecule has 2 aromatic rings. The lowest BCUT2D eigenvalue weighted by molar-refractivity contribution is -0.385. The number of hydrogen-bond donors (Lipinski definition) is 0. The normalized spacial score (nSPS) is 10.2. The minimum absolute atomic E-state index is 0.126. The summed E-state index contributed by atoms with van der Waals surface area (Å²) in [6.45, 7) is 2.68. The molecule has 0 fully saturated rings. The van der Waals surface area contributed by atoms with Gasteiger partial charge in [-0.05, 0) is 19.1 Å². The minimum atomic E-state index is -0.525. The summed E-state index contributed by atoms with van der Waals surface area (Å²) in [5.41, 5.74) is 0.102. The van der Waals surface area contributed by atoms with E-state index < -0.39 is 10.9 Å². The lowest BCUT2D eigenvalue weighted by Gasteiger charge is -2.08. The summed E-state index contributed by atoms with van der Waals surface area (Å²) in [6.07, 6.45) is 1.64. The lowest BCUT2D eigenvalue weighted by atomic mass is 10.3. The molecule has 0 spiro atoms. The SMILES string of the molecule is CCOC(=O)c1ccn(CCOc2ccc([N+](=O)[O-])c(OC)c2)n1. The molecule has 0 radical (unpaired) electrons. The number of benzene rings is 1. The maximum atomic E-state index is 11.5. The highest BCUT2D eigenvalue weighted by Gasteiger charge is 2.15. The average Bonchev–Trinajstić information content (AvgIpc) is 3.03. The molecule has 9 heteroatoms. The first-order valence-corrected chi connectivity index (χ1v) is 7.21. The number of nitro groups is 1. The van der Waals surface area contributed by atoms with Gasteiger partial charge in [-0.25, -0.2) is 4.79 Å². The fourth-order valence-corrected chi connectivity index (χ4v) is 1.96. The minimum Gasteiger partial charge on any atom is -0.492 e. The number of rotatable bonds is 8. The van der Waals surface area contributed by atoms with Crippen LogP contribution in [0.3, 0.4) is 0 Å². The van der Waals surface area contributed by atoms with Crippen molar-refractivity contribution in [1.82, 2.24) is 9.78 Å². The first-order chi connectivity index (χ1) is 11.5. The van der Waals surface area contributed by atoms with Gasteiger partial charge in [-0.1, -0.05) is 0 Å². The Labute approximate surface area is 137 Å². The summed E-state index contributed by atoms with van der Waals surface area (Å²) >= 11 is 0. The maximum absolute atomic E-state index is 11.5. The largest absolute Gasteiger partial charge is 0.492 e. The van der Waals surface area contributed by atoms with Crippen LogP contribution in [0, 0.1) is 10.1 Å². The Morgan fingerprint density at radius 2 is 2.17 bits per heavy atom. The van der Waals surface area contributed by atoms with Crippen LogP contribution in [0.4, 0.5) is 5.69 Å². The molecule has 0 unspecified atom stereocenters. The molecule has 9 nitrogen and oxygen atoms in total. The van der Waals surface area contributed by atoms with Gasteiger partial charge in [0.2, 0.25) is 5.75 Å². The quantitative estimate of drug-likeness (QED) is 0.413. The van der Waals surface area contributed by atoms with Gasteiger partial charge in [-0.3, -0.25) is 14.8 Å². The van der Waals surface area contributed by atoms with Gasteiger partial charge in [-0.2, -0.15) is 5.10 Å². The predicted molar refractivity (Wildman–Crippen MR) is 83.3 cm³/mol. The fraction of sp³-hybridized carbons (Fsp3) is 0.333. The summed E-state index contributed by atoms with van der Waals surface area (Å²) in [4.78, 5) is 21.8. The maximum Gasteiger partial charge on any atom is 0.358 e. The second-order valence-electron chi connectivity index (χ2n) is 4.62. The van der Waals surface area contributed by atoms with Crippen LogP contribution in [0.25, 0.3) is 0 Å². The van der Waals surface area contributed by atoms with E-state index in [0.717, 1.165) is 0 Å². The molecule has 0 saturated heterocycles. The average molecular weight is 335 g/mol. The molecule has 0 amide bonds. The summed E-state index contributed by atoms with van der Waals surface area (Å²) in [5, 5.41) is 14.9. The molecular formula is C15H17N3O6. The van der Waals surface area contributed by atoms with E-state index in [9.17, 15) is 14.9 Å². The van der Waals surface area contributed by atoms with Crippen LogP contribution in [-0.4, -0.2) is 41.0 Å². The highest BCUT2D eigenvalue weighted by molar-refractivity contribution is 5.86. The highest BCUT2D eigenvalue weighted by atomic mass is 16.6.